The van der Waals surface area contributed by atoms with Gasteiger partial charge in [0, 0.05) is 17.7 Å². The molecule has 2 amide bonds. The molecular weight excluding hydrogens is 438 g/mol. The minimum absolute atomic E-state index is 0.0659. The summed E-state index contributed by atoms with van der Waals surface area (Å²) in [6.07, 6.45) is 2.85. The van der Waals surface area contributed by atoms with Crippen LogP contribution in [0.4, 0.5) is 5.69 Å². The molecule has 4 rings (SSSR count). The Hall–Kier alpha value is -4.92. The number of hydrogen-bond acceptors (Lipinski definition) is 6. The molecule has 0 spiro atoms. The molecule has 0 aliphatic heterocycles. The largest absolute Gasteiger partial charge is 0.467 e. The van der Waals surface area contributed by atoms with E-state index in [1.54, 1.807) is 72.8 Å². The molecule has 0 bridgehead atoms. The van der Waals surface area contributed by atoms with Crippen LogP contribution in [-0.4, -0.2) is 16.7 Å². The van der Waals surface area contributed by atoms with Gasteiger partial charge in [0.2, 0.25) is 0 Å². The highest BCUT2D eigenvalue weighted by Gasteiger charge is 2.19. The number of hydrogen-bond donors (Lipinski definition) is 2. The van der Waals surface area contributed by atoms with Crippen molar-refractivity contribution in [2.45, 2.75) is 6.54 Å². The zero-order valence-corrected chi connectivity index (χ0v) is 17.8. The summed E-state index contributed by atoms with van der Waals surface area (Å²) < 4.78 is 11.0. The quantitative estimate of drug-likeness (QED) is 0.227. The third kappa shape index (κ3) is 5.28. The molecule has 0 aliphatic rings. The maximum absolute atomic E-state index is 12.9. The van der Waals surface area contributed by atoms with Gasteiger partial charge in [0.15, 0.2) is 0 Å². The average molecular weight is 457 g/mol. The minimum atomic E-state index is -0.565. The van der Waals surface area contributed by atoms with Gasteiger partial charge in [-0.1, -0.05) is 30.3 Å². The molecular formula is C25H19N3O6. The fourth-order valence-corrected chi connectivity index (χ4v) is 3.18. The van der Waals surface area contributed by atoms with E-state index in [1.165, 1.54) is 18.4 Å². The number of nitro groups is 1. The predicted molar refractivity (Wildman–Crippen MR) is 123 cm³/mol. The van der Waals surface area contributed by atoms with Crippen LogP contribution in [0.1, 0.15) is 21.9 Å². The van der Waals surface area contributed by atoms with E-state index in [0.29, 0.717) is 16.9 Å². The van der Waals surface area contributed by atoms with Gasteiger partial charge in [0.25, 0.3) is 17.5 Å². The van der Waals surface area contributed by atoms with Crippen molar-refractivity contribution in [3.8, 4) is 11.3 Å². The summed E-state index contributed by atoms with van der Waals surface area (Å²) in [4.78, 5) is 36.4. The Kier molecular flexibility index (Phi) is 6.64. The first-order valence-electron chi connectivity index (χ1n) is 10.2. The van der Waals surface area contributed by atoms with Gasteiger partial charge in [-0.2, -0.15) is 0 Å². The third-order valence-electron chi connectivity index (χ3n) is 4.81. The SMILES string of the molecule is O=C(NCc1ccco1)C(=Cc1ccc(-c2ccccc2[N+](=O)[O-])o1)NC(=O)c1ccccc1. The Balaban J connectivity index is 1.61. The van der Waals surface area contributed by atoms with E-state index in [0.717, 1.165) is 0 Å². The van der Waals surface area contributed by atoms with E-state index in [4.69, 9.17) is 8.83 Å². The first kappa shape index (κ1) is 22.3. The van der Waals surface area contributed by atoms with Crippen LogP contribution >= 0.6 is 0 Å². The standard InChI is InChI=1S/C25H19N3O6/c29-24(17-7-2-1-3-8-17)27-21(25(30)26-16-19-9-6-14-33-19)15-18-12-13-23(34-18)20-10-4-5-11-22(20)28(31)32/h1-15H,16H2,(H,26,30)(H,27,29). The number of furan rings is 2. The third-order valence-corrected chi connectivity index (χ3v) is 4.81. The van der Waals surface area contributed by atoms with Gasteiger partial charge < -0.3 is 19.5 Å². The molecule has 2 aromatic heterocycles. The Morgan fingerprint density at radius 3 is 2.44 bits per heavy atom. The van der Waals surface area contributed by atoms with Crippen LogP contribution in [0.15, 0.2) is 99.7 Å². The molecule has 0 aliphatic carbocycles. The lowest BCUT2D eigenvalue weighted by atomic mass is 10.1. The molecule has 34 heavy (non-hydrogen) atoms. The van der Waals surface area contributed by atoms with Crippen molar-refractivity contribution in [2.75, 3.05) is 0 Å². The Bertz CT molecular complexity index is 1340. The highest BCUT2D eigenvalue weighted by atomic mass is 16.6. The zero-order chi connectivity index (χ0) is 23.9. The highest BCUT2D eigenvalue weighted by Crippen LogP contribution is 2.31. The molecule has 0 radical (unpaired) electrons. The van der Waals surface area contributed by atoms with Crippen LogP contribution in [0.5, 0.6) is 0 Å². The van der Waals surface area contributed by atoms with E-state index < -0.39 is 16.7 Å². The normalized spacial score (nSPS) is 11.1. The van der Waals surface area contributed by atoms with Gasteiger partial charge in [-0.3, -0.25) is 19.7 Å². The van der Waals surface area contributed by atoms with Crippen molar-refractivity contribution in [3.05, 3.63) is 118 Å². The first-order valence-corrected chi connectivity index (χ1v) is 10.2. The van der Waals surface area contributed by atoms with Gasteiger partial charge in [0.05, 0.1) is 23.3 Å². The van der Waals surface area contributed by atoms with Crippen LogP contribution in [0.3, 0.4) is 0 Å². The minimum Gasteiger partial charge on any atom is -0.467 e. The Labute approximate surface area is 193 Å². The second-order valence-electron chi connectivity index (χ2n) is 7.12. The fraction of sp³-hybridized carbons (Fsp3) is 0.0400. The number of carbonyl (C=O) groups is 2. The van der Waals surface area contributed by atoms with E-state index in [9.17, 15) is 19.7 Å². The smallest absolute Gasteiger partial charge is 0.280 e. The summed E-state index contributed by atoms with van der Waals surface area (Å²) in [6.45, 7) is 0.115. The maximum atomic E-state index is 12.9. The molecule has 0 atom stereocenters. The number of nitrogens with zero attached hydrogens (tertiary/aromatic N) is 1. The van der Waals surface area contributed by atoms with Crippen molar-refractivity contribution in [3.63, 3.8) is 0 Å². The van der Waals surface area contributed by atoms with Gasteiger partial charge in [-0.05, 0) is 42.5 Å². The summed E-state index contributed by atoms with van der Waals surface area (Å²) in [6, 6.07) is 21.1. The van der Waals surface area contributed by atoms with Gasteiger partial charge in [-0.15, -0.1) is 0 Å². The van der Waals surface area contributed by atoms with Crippen LogP contribution in [-0.2, 0) is 11.3 Å². The molecule has 0 unspecified atom stereocenters. The molecule has 9 heteroatoms. The molecule has 2 N–H and O–H groups in total. The van der Waals surface area contributed by atoms with E-state index >= 15 is 0 Å². The van der Waals surface area contributed by atoms with Crippen LogP contribution in [0.25, 0.3) is 17.4 Å². The lowest BCUT2D eigenvalue weighted by Crippen LogP contribution is -2.34. The monoisotopic (exact) mass is 457 g/mol. The molecule has 0 fully saturated rings. The number of nitrogens with one attached hydrogen (secondary N) is 2. The molecule has 2 aromatic carbocycles. The summed E-state index contributed by atoms with van der Waals surface area (Å²) >= 11 is 0. The summed E-state index contributed by atoms with van der Waals surface area (Å²) in [5.41, 5.74) is 0.488. The fourth-order valence-electron chi connectivity index (χ4n) is 3.18. The lowest BCUT2D eigenvalue weighted by Gasteiger charge is -2.10. The van der Waals surface area contributed by atoms with Crippen LogP contribution in [0, 0.1) is 10.1 Å². The molecule has 0 saturated carbocycles. The maximum Gasteiger partial charge on any atom is 0.280 e. The van der Waals surface area contributed by atoms with Crippen molar-refractivity contribution < 1.29 is 23.3 Å². The number of para-hydroxylation sites is 1. The highest BCUT2D eigenvalue weighted by molar-refractivity contribution is 6.05. The number of rotatable bonds is 8. The summed E-state index contributed by atoms with van der Waals surface area (Å²) in [5.74, 6) is -0.0264. The van der Waals surface area contributed by atoms with E-state index in [2.05, 4.69) is 10.6 Å². The van der Waals surface area contributed by atoms with Crippen LogP contribution in [0.2, 0.25) is 0 Å². The number of carbonyl (C=O) groups excluding carboxylic acids is 2. The lowest BCUT2D eigenvalue weighted by molar-refractivity contribution is -0.384. The molecule has 2 heterocycles. The van der Waals surface area contributed by atoms with Crippen molar-refractivity contribution in [1.29, 1.82) is 0 Å². The summed E-state index contributed by atoms with van der Waals surface area (Å²) in [7, 11) is 0. The Morgan fingerprint density at radius 1 is 0.941 bits per heavy atom. The Morgan fingerprint density at radius 2 is 1.71 bits per heavy atom. The van der Waals surface area contributed by atoms with Crippen LogP contribution < -0.4 is 10.6 Å². The number of nitro benzene ring substituents is 1. The predicted octanol–water partition coefficient (Wildman–Crippen LogP) is 4.54. The number of benzene rings is 2. The molecule has 0 saturated heterocycles. The second kappa shape index (κ2) is 10.1. The first-order chi connectivity index (χ1) is 16.5. The van der Waals surface area contributed by atoms with Gasteiger partial charge in [-0.25, -0.2) is 0 Å². The number of amides is 2. The summed E-state index contributed by atoms with van der Waals surface area (Å²) in [5, 5.41) is 16.6. The van der Waals surface area contributed by atoms with Gasteiger partial charge in [0.1, 0.15) is 23.0 Å². The molecule has 170 valence electrons. The second-order valence-corrected chi connectivity index (χ2v) is 7.12. The van der Waals surface area contributed by atoms with Crippen molar-refractivity contribution in [1.82, 2.24) is 10.6 Å². The van der Waals surface area contributed by atoms with Crippen molar-refractivity contribution in [2.24, 2.45) is 0 Å². The van der Waals surface area contributed by atoms with Gasteiger partial charge >= 0.3 is 0 Å². The topological polar surface area (TPSA) is 128 Å². The molecule has 4 aromatic rings. The molecule has 9 nitrogen and oxygen atoms in total. The van der Waals surface area contributed by atoms with E-state index in [1.807, 2.05) is 0 Å². The zero-order valence-electron chi connectivity index (χ0n) is 17.8. The van der Waals surface area contributed by atoms with Crippen molar-refractivity contribution >= 4 is 23.6 Å². The van der Waals surface area contributed by atoms with E-state index in [-0.39, 0.29) is 29.4 Å². The average Bonchev–Trinajstić information content (AvgIpc) is 3.55.